The summed E-state index contributed by atoms with van der Waals surface area (Å²) in [4.78, 5) is 14.4. The number of hydrogen-bond donors (Lipinski definition) is 1. The first-order valence-corrected chi connectivity index (χ1v) is 6.68. The van der Waals surface area contributed by atoms with Crippen molar-refractivity contribution in [3.05, 3.63) is 0 Å². The number of fused-ring (bicyclic) bond motifs is 1. The van der Waals surface area contributed by atoms with E-state index in [-0.39, 0.29) is 6.10 Å². The molecule has 4 unspecified atom stereocenters. The van der Waals surface area contributed by atoms with E-state index in [9.17, 15) is 4.79 Å². The van der Waals surface area contributed by atoms with Crippen LogP contribution >= 0.6 is 0 Å². The second kappa shape index (κ2) is 5.36. The predicted molar refractivity (Wildman–Crippen MR) is 66.8 cm³/mol. The van der Waals surface area contributed by atoms with E-state index in [1.807, 2.05) is 6.92 Å². The molecule has 4 heteroatoms. The van der Waals surface area contributed by atoms with Crippen molar-refractivity contribution in [1.29, 1.82) is 0 Å². The van der Waals surface area contributed by atoms with Gasteiger partial charge in [-0.25, -0.2) is 0 Å². The van der Waals surface area contributed by atoms with E-state index in [4.69, 9.17) is 4.74 Å². The van der Waals surface area contributed by atoms with Crippen molar-refractivity contribution in [2.45, 2.75) is 51.3 Å². The fourth-order valence-corrected chi connectivity index (χ4v) is 3.17. The zero-order valence-electron chi connectivity index (χ0n) is 11.1. The van der Waals surface area contributed by atoms with Crippen LogP contribution in [0.25, 0.3) is 0 Å². The molecule has 2 saturated heterocycles. The van der Waals surface area contributed by atoms with Gasteiger partial charge in [0.25, 0.3) is 0 Å². The SMILES string of the molecule is COC(C)CCC(=O)N1C(C)CC2CNCC21. The Kier molecular flexibility index (Phi) is 4.05. The third kappa shape index (κ3) is 2.63. The van der Waals surface area contributed by atoms with Crippen LogP contribution in [0.5, 0.6) is 0 Å². The number of methoxy groups -OCH3 is 1. The number of likely N-dealkylation sites (tertiary alicyclic amines) is 1. The molecule has 0 aliphatic carbocycles. The Hall–Kier alpha value is -0.610. The number of hydrogen-bond acceptors (Lipinski definition) is 3. The lowest BCUT2D eigenvalue weighted by Crippen LogP contribution is -2.42. The number of carbonyl (C=O) groups is 1. The van der Waals surface area contributed by atoms with Gasteiger partial charge in [0.15, 0.2) is 0 Å². The molecule has 2 heterocycles. The Morgan fingerprint density at radius 1 is 1.53 bits per heavy atom. The van der Waals surface area contributed by atoms with Gasteiger partial charge in [-0.15, -0.1) is 0 Å². The standard InChI is InChI=1S/C13H24N2O2/c1-9-6-11-7-14-8-12(11)15(9)13(16)5-4-10(2)17-3/h9-12,14H,4-8H2,1-3H3. The number of rotatable bonds is 4. The Balaban J connectivity index is 1.89. The van der Waals surface area contributed by atoms with Crippen LogP contribution in [0.3, 0.4) is 0 Å². The molecule has 2 rings (SSSR count). The highest BCUT2D eigenvalue weighted by Crippen LogP contribution is 2.32. The smallest absolute Gasteiger partial charge is 0.223 e. The molecule has 4 nitrogen and oxygen atoms in total. The minimum Gasteiger partial charge on any atom is -0.382 e. The molecule has 0 saturated carbocycles. The Labute approximate surface area is 104 Å². The van der Waals surface area contributed by atoms with Gasteiger partial charge in [0.1, 0.15) is 0 Å². The first-order valence-electron chi connectivity index (χ1n) is 6.68. The highest BCUT2D eigenvalue weighted by molar-refractivity contribution is 5.77. The first kappa shape index (κ1) is 12.8. The summed E-state index contributed by atoms with van der Waals surface area (Å²) in [7, 11) is 1.70. The lowest BCUT2D eigenvalue weighted by Gasteiger charge is -2.28. The van der Waals surface area contributed by atoms with E-state index in [0.717, 1.165) is 25.9 Å². The van der Waals surface area contributed by atoms with Crippen molar-refractivity contribution >= 4 is 5.91 Å². The van der Waals surface area contributed by atoms with Gasteiger partial charge < -0.3 is 15.0 Å². The van der Waals surface area contributed by atoms with Crippen molar-refractivity contribution in [3.63, 3.8) is 0 Å². The van der Waals surface area contributed by atoms with Gasteiger partial charge in [-0.2, -0.15) is 0 Å². The van der Waals surface area contributed by atoms with E-state index >= 15 is 0 Å². The fourth-order valence-electron chi connectivity index (χ4n) is 3.17. The van der Waals surface area contributed by atoms with E-state index in [2.05, 4.69) is 17.1 Å². The van der Waals surface area contributed by atoms with Crippen LogP contribution in [0.2, 0.25) is 0 Å². The highest BCUT2D eigenvalue weighted by Gasteiger charge is 2.43. The van der Waals surface area contributed by atoms with E-state index in [1.54, 1.807) is 7.11 Å². The largest absolute Gasteiger partial charge is 0.382 e. The second-order valence-corrected chi connectivity index (χ2v) is 5.46. The van der Waals surface area contributed by atoms with Gasteiger partial charge in [0, 0.05) is 38.7 Å². The molecular formula is C13H24N2O2. The molecule has 0 aromatic rings. The zero-order chi connectivity index (χ0) is 12.4. The van der Waals surface area contributed by atoms with Gasteiger partial charge in [-0.1, -0.05) is 0 Å². The highest BCUT2D eigenvalue weighted by atomic mass is 16.5. The van der Waals surface area contributed by atoms with Crippen LogP contribution in [0, 0.1) is 5.92 Å². The average molecular weight is 240 g/mol. The zero-order valence-corrected chi connectivity index (χ0v) is 11.1. The monoisotopic (exact) mass is 240 g/mol. The molecular weight excluding hydrogens is 216 g/mol. The van der Waals surface area contributed by atoms with Crippen molar-refractivity contribution in [2.75, 3.05) is 20.2 Å². The summed E-state index contributed by atoms with van der Waals surface area (Å²) < 4.78 is 5.19. The van der Waals surface area contributed by atoms with E-state index in [0.29, 0.717) is 30.3 Å². The number of amides is 1. The summed E-state index contributed by atoms with van der Waals surface area (Å²) in [6, 6.07) is 0.854. The number of carbonyl (C=O) groups excluding carboxylic acids is 1. The van der Waals surface area contributed by atoms with Crippen LogP contribution in [0.15, 0.2) is 0 Å². The van der Waals surface area contributed by atoms with Crippen molar-refractivity contribution in [2.24, 2.45) is 5.92 Å². The summed E-state index contributed by atoms with van der Waals surface area (Å²) in [5.74, 6) is 0.978. The normalized spacial score (nSPS) is 33.8. The molecule has 0 aromatic carbocycles. The summed E-state index contributed by atoms with van der Waals surface area (Å²) in [5, 5.41) is 3.39. The quantitative estimate of drug-likeness (QED) is 0.797. The van der Waals surface area contributed by atoms with Gasteiger partial charge in [0.2, 0.25) is 5.91 Å². The molecule has 17 heavy (non-hydrogen) atoms. The van der Waals surface area contributed by atoms with Crippen LogP contribution in [-0.4, -0.2) is 49.2 Å². The summed E-state index contributed by atoms with van der Waals surface area (Å²) in [6.45, 7) is 6.24. The summed E-state index contributed by atoms with van der Waals surface area (Å²) in [6.07, 6.45) is 2.77. The van der Waals surface area contributed by atoms with Crippen molar-refractivity contribution in [3.8, 4) is 0 Å². The van der Waals surface area contributed by atoms with Crippen LogP contribution in [0.4, 0.5) is 0 Å². The minimum absolute atomic E-state index is 0.175. The van der Waals surface area contributed by atoms with Crippen LogP contribution in [0.1, 0.15) is 33.1 Å². The molecule has 98 valence electrons. The number of ether oxygens (including phenoxy) is 1. The maximum absolute atomic E-state index is 12.3. The van der Waals surface area contributed by atoms with Gasteiger partial charge in [-0.05, 0) is 32.6 Å². The summed E-state index contributed by atoms with van der Waals surface area (Å²) >= 11 is 0. The molecule has 0 bridgehead atoms. The molecule has 0 aromatic heterocycles. The first-order chi connectivity index (χ1) is 8.13. The number of nitrogens with zero attached hydrogens (tertiary/aromatic N) is 1. The Morgan fingerprint density at radius 3 is 3.00 bits per heavy atom. The lowest BCUT2D eigenvalue weighted by molar-refractivity contribution is -0.134. The van der Waals surface area contributed by atoms with E-state index < -0.39 is 0 Å². The molecule has 1 amide bonds. The fraction of sp³-hybridized carbons (Fsp3) is 0.923. The van der Waals surface area contributed by atoms with E-state index in [1.165, 1.54) is 0 Å². The van der Waals surface area contributed by atoms with Crippen LogP contribution < -0.4 is 5.32 Å². The number of nitrogens with one attached hydrogen (secondary N) is 1. The van der Waals surface area contributed by atoms with Gasteiger partial charge in [0.05, 0.1) is 6.10 Å². The maximum atomic E-state index is 12.3. The topological polar surface area (TPSA) is 41.6 Å². The molecule has 4 atom stereocenters. The van der Waals surface area contributed by atoms with Gasteiger partial charge >= 0.3 is 0 Å². The molecule has 0 spiro atoms. The van der Waals surface area contributed by atoms with Gasteiger partial charge in [-0.3, -0.25) is 4.79 Å². The molecule has 0 radical (unpaired) electrons. The lowest BCUT2D eigenvalue weighted by atomic mass is 10.0. The van der Waals surface area contributed by atoms with Crippen LogP contribution in [-0.2, 0) is 9.53 Å². The average Bonchev–Trinajstić information content (AvgIpc) is 2.84. The molecule has 2 fully saturated rings. The predicted octanol–water partition coefficient (Wildman–Crippen LogP) is 1.01. The second-order valence-electron chi connectivity index (χ2n) is 5.46. The molecule has 2 aliphatic heterocycles. The van der Waals surface area contributed by atoms with Crippen molar-refractivity contribution < 1.29 is 9.53 Å². The molecule has 1 N–H and O–H groups in total. The Morgan fingerprint density at radius 2 is 2.29 bits per heavy atom. The molecule has 2 aliphatic rings. The Bertz CT molecular complexity index is 283. The third-order valence-corrected chi connectivity index (χ3v) is 4.24. The summed E-state index contributed by atoms with van der Waals surface area (Å²) in [5.41, 5.74) is 0. The van der Waals surface area contributed by atoms with Crippen molar-refractivity contribution in [1.82, 2.24) is 10.2 Å². The third-order valence-electron chi connectivity index (χ3n) is 4.24. The minimum atomic E-state index is 0.175. The maximum Gasteiger partial charge on any atom is 0.223 e.